The quantitative estimate of drug-likeness (QED) is 0.534. The van der Waals surface area contributed by atoms with Gasteiger partial charge in [0.05, 0.1) is 0 Å². The van der Waals surface area contributed by atoms with E-state index in [1.165, 1.54) is 11.1 Å². The number of nitrogens with zero attached hydrogens (tertiary/aromatic N) is 1. The number of hydrogen-bond donors (Lipinski definition) is 1. The van der Waals surface area contributed by atoms with Crippen molar-refractivity contribution in [3.63, 3.8) is 0 Å². The minimum atomic E-state index is 0.0186. The number of halogens is 1. The number of amides is 1. The van der Waals surface area contributed by atoms with Crippen LogP contribution >= 0.6 is 11.6 Å². The number of likely N-dealkylation sites (tertiary alicyclic amines) is 1. The molecule has 1 aliphatic heterocycles. The molecule has 0 aliphatic carbocycles. The molecule has 0 spiro atoms. The Balaban J connectivity index is 1.39. The number of piperidine rings is 1. The van der Waals surface area contributed by atoms with Crippen molar-refractivity contribution < 1.29 is 4.79 Å². The summed E-state index contributed by atoms with van der Waals surface area (Å²) in [6.07, 6.45) is 2.11. The van der Waals surface area contributed by atoms with Crippen molar-refractivity contribution in [1.29, 1.82) is 0 Å². The lowest BCUT2D eigenvalue weighted by atomic mass is 10.0. The van der Waals surface area contributed by atoms with E-state index in [0.29, 0.717) is 0 Å². The average molecular weight is 433 g/mol. The van der Waals surface area contributed by atoms with Crippen LogP contribution in [0, 0.1) is 13.8 Å². The summed E-state index contributed by atoms with van der Waals surface area (Å²) in [4.78, 5) is 15.0. The molecule has 0 aromatic heterocycles. The summed E-state index contributed by atoms with van der Waals surface area (Å²) < 4.78 is 0. The monoisotopic (exact) mass is 432 g/mol. The largest absolute Gasteiger partial charge is 0.348 e. The van der Waals surface area contributed by atoms with E-state index in [0.717, 1.165) is 59.8 Å². The summed E-state index contributed by atoms with van der Waals surface area (Å²) in [6.45, 7) is 6.86. The second kappa shape index (κ2) is 9.67. The minimum Gasteiger partial charge on any atom is -0.348 e. The third-order valence-corrected chi connectivity index (χ3v) is 6.40. The highest BCUT2D eigenvalue weighted by molar-refractivity contribution is 6.31. The molecule has 0 saturated carbocycles. The first-order chi connectivity index (χ1) is 15.0. The normalized spacial score (nSPS) is 16.8. The smallest absolute Gasteiger partial charge is 0.251 e. The minimum absolute atomic E-state index is 0.0186. The van der Waals surface area contributed by atoms with E-state index in [4.69, 9.17) is 11.6 Å². The fourth-order valence-electron chi connectivity index (χ4n) is 4.17. The fourth-order valence-corrected chi connectivity index (χ4v) is 4.35. The van der Waals surface area contributed by atoms with Crippen LogP contribution in [-0.2, 0) is 6.54 Å². The van der Waals surface area contributed by atoms with E-state index >= 15 is 0 Å². The second-order valence-electron chi connectivity index (χ2n) is 8.58. The predicted molar refractivity (Wildman–Crippen MR) is 129 cm³/mol. The molecule has 1 atom stereocenters. The average Bonchev–Trinajstić information content (AvgIpc) is 2.76. The van der Waals surface area contributed by atoms with Gasteiger partial charge in [-0.2, -0.15) is 0 Å². The lowest BCUT2D eigenvalue weighted by Gasteiger charge is -2.33. The van der Waals surface area contributed by atoms with Crippen LogP contribution in [0.25, 0.3) is 11.1 Å². The van der Waals surface area contributed by atoms with Gasteiger partial charge in [0, 0.05) is 29.7 Å². The van der Waals surface area contributed by atoms with E-state index in [1.54, 1.807) is 0 Å². The Labute approximate surface area is 190 Å². The highest BCUT2D eigenvalue weighted by atomic mass is 35.5. The number of hydrogen-bond acceptors (Lipinski definition) is 2. The van der Waals surface area contributed by atoms with Crippen molar-refractivity contribution in [2.24, 2.45) is 0 Å². The molecular formula is C27H29ClN2O. The number of nitrogens with one attached hydrogen (secondary N) is 1. The van der Waals surface area contributed by atoms with Crippen LogP contribution in [0.4, 0.5) is 0 Å². The number of rotatable bonds is 5. The van der Waals surface area contributed by atoms with E-state index in [9.17, 15) is 4.79 Å². The Hall–Kier alpha value is -2.62. The summed E-state index contributed by atoms with van der Waals surface area (Å²) in [7, 11) is 0. The van der Waals surface area contributed by atoms with Gasteiger partial charge in [-0.15, -0.1) is 0 Å². The maximum atomic E-state index is 12.6. The summed E-state index contributed by atoms with van der Waals surface area (Å²) >= 11 is 6.33. The molecule has 0 bridgehead atoms. The molecule has 1 unspecified atom stereocenters. The summed E-state index contributed by atoms with van der Waals surface area (Å²) in [5.74, 6) is 0.0186. The van der Waals surface area contributed by atoms with Gasteiger partial charge < -0.3 is 5.32 Å². The highest BCUT2D eigenvalue weighted by Crippen LogP contribution is 2.26. The van der Waals surface area contributed by atoms with Gasteiger partial charge >= 0.3 is 0 Å². The zero-order chi connectivity index (χ0) is 21.8. The van der Waals surface area contributed by atoms with Crippen molar-refractivity contribution in [1.82, 2.24) is 10.2 Å². The zero-order valence-corrected chi connectivity index (χ0v) is 19.0. The molecular weight excluding hydrogens is 404 g/mol. The van der Waals surface area contributed by atoms with Gasteiger partial charge in [-0.1, -0.05) is 59.6 Å². The molecule has 4 heteroatoms. The molecule has 3 nitrogen and oxygen atoms in total. The van der Waals surface area contributed by atoms with Crippen LogP contribution in [0.1, 0.15) is 39.9 Å². The third kappa shape index (κ3) is 5.55. The SMILES string of the molecule is Cc1ccc(C(=O)NC2CCCN(Cc3cccc(-c4ccc(C)c(Cl)c4)c3)C2)cc1. The lowest BCUT2D eigenvalue weighted by Crippen LogP contribution is -2.47. The first-order valence-electron chi connectivity index (χ1n) is 10.9. The van der Waals surface area contributed by atoms with Gasteiger partial charge in [-0.25, -0.2) is 0 Å². The Morgan fingerprint density at radius 2 is 1.81 bits per heavy atom. The Bertz CT molecular complexity index is 1060. The van der Waals surface area contributed by atoms with Crippen LogP contribution in [0.5, 0.6) is 0 Å². The molecule has 3 aromatic carbocycles. The molecule has 1 fully saturated rings. The van der Waals surface area contributed by atoms with Crippen LogP contribution in [0.15, 0.2) is 66.7 Å². The van der Waals surface area contributed by atoms with Gasteiger partial charge in [-0.05, 0) is 79.8 Å². The van der Waals surface area contributed by atoms with E-state index in [-0.39, 0.29) is 11.9 Å². The summed E-state index contributed by atoms with van der Waals surface area (Å²) in [5.41, 5.74) is 6.58. The molecule has 1 amide bonds. The highest BCUT2D eigenvalue weighted by Gasteiger charge is 2.22. The zero-order valence-electron chi connectivity index (χ0n) is 18.2. The number of carbonyl (C=O) groups is 1. The molecule has 1 N–H and O–H groups in total. The number of benzene rings is 3. The van der Waals surface area contributed by atoms with Crippen LogP contribution in [-0.4, -0.2) is 29.9 Å². The Morgan fingerprint density at radius 3 is 2.58 bits per heavy atom. The van der Waals surface area contributed by atoms with Gasteiger partial charge in [0.25, 0.3) is 5.91 Å². The van der Waals surface area contributed by atoms with Crippen molar-refractivity contribution in [2.75, 3.05) is 13.1 Å². The van der Waals surface area contributed by atoms with E-state index in [1.807, 2.05) is 44.2 Å². The van der Waals surface area contributed by atoms with Crippen LogP contribution in [0.2, 0.25) is 5.02 Å². The second-order valence-corrected chi connectivity index (χ2v) is 8.99. The van der Waals surface area contributed by atoms with E-state index in [2.05, 4.69) is 46.6 Å². The fraction of sp³-hybridized carbons (Fsp3) is 0.296. The maximum Gasteiger partial charge on any atom is 0.251 e. The molecule has 1 heterocycles. The lowest BCUT2D eigenvalue weighted by molar-refractivity contribution is 0.0901. The standard InChI is InChI=1S/C27H29ClN2O/c1-19-8-11-22(12-9-19)27(31)29-25-7-4-14-30(18-25)17-21-5-3-6-23(15-21)24-13-10-20(2)26(28)16-24/h3,5-6,8-13,15-16,25H,4,7,14,17-18H2,1-2H3,(H,29,31). The molecule has 31 heavy (non-hydrogen) atoms. The van der Waals surface area contributed by atoms with Gasteiger partial charge in [0.2, 0.25) is 0 Å². The molecule has 0 radical (unpaired) electrons. The number of carbonyl (C=O) groups excluding carboxylic acids is 1. The summed E-state index contributed by atoms with van der Waals surface area (Å²) in [5, 5.41) is 4.02. The molecule has 3 aromatic rings. The van der Waals surface area contributed by atoms with Gasteiger partial charge in [0.15, 0.2) is 0 Å². The summed E-state index contributed by atoms with van der Waals surface area (Å²) in [6, 6.07) is 22.8. The third-order valence-electron chi connectivity index (χ3n) is 5.99. The van der Waals surface area contributed by atoms with Gasteiger partial charge in [0.1, 0.15) is 0 Å². The van der Waals surface area contributed by atoms with E-state index < -0.39 is 0 Å². The van der Waals surface area contributed by atoms with Crippen LogP contribution in [0.3, 0.4) is 0 Å². The molecule has 4 rings (SSSR count). The number of aryl methyl sites for hydroxylation is 2. The van der Waals surface area contributed by atoms with Crippen molar-refractivity contribution in [3.8, 4) is 11.1 Å². The maximum absolute atomic E-state index is 12.6. The van der Waals surface area contributed by atoms with Crippen LogP contribution < -0.4 is 5.32 Å². The predicted octanol–water partition coefficient (Wildman–Crippen LogP) is 6.02. The Morgan fingerprint density at radius 1 is 1.03 bits per heavy atom. The van der Waals surface area contributed by atoms with Crippen molar-refractivity contribution in [3.05, 3.63) is 94.0 Å². The van der Waals surface area contributed by atoms with Crippen molar-refractivity contribution in [2.45, 2.75) is 39.3 Å². The Kier molecular flexibility index (Phi) is 6.74. The first kappa shape index (κ1) is 21.6. The van der Waals surface area contributed by atoms with Gasteiger partial charge in [-0.3, -0.25) is 9.69 Å². The van der Waals surface area contributed by atoms with Crippen molar-refractivity contribution >= 4 is 17.5 Å². The molecule has 1 aliphatic rings. The first-order valence-corrected chi connectivity index (χ1v) is 11.3. The molecule has 1 saturated heterocycles. The molecule has 160 valence electrons. The topological polar surface area (TPSA) is 32.3 Å².